The maximum atomic E-state index is 13.8. The maximum Gasteiger partial charge on any atom is 0.241 e. The van der Waals surface area contributed by atoms with E-state index in [9.17, 15) is 19.2 Å². The van der Waals surface area contributed by atoms with Crippen molar-refractivity contribution in [2.45, 2.75) is 18.6 Å². The molecule has 3 aliphatic rings. The Hall–Kier alpha value is -3.42. The lowest BCUT2D eigenvalue weighted by molar-refractivity contribution is -0.127. The molecule has 2 amide bonds. The Labute approximate surface area is 203 Å². The summed E-state index contributed by atoms with van der Waals surface area (Å²) in [6.45, 7) is 1.91. The van der Waals surface area contributed by atoms with Gasteiger partial charge in [0.25, 0.3) is 0 Å². The molecule has 0 unspecified atom stereocenters. The van der Waals surface area contributed by atoms with Crippen molar-refractivity contribution in [3.8, 4) is 0 Å². The van der Waals surface area contributed by atoms with Crippen molar-refractivity contribution < 1.29 is 23.9 Å². The molecule has 2 fully saturated rings. The van der Waals surface area contributed by atoms with Gasteiger partial charge in [0, 0.05) is 15.6 Å². The van der Waals surface area contributed by atoms with Crippen LogP contribution in [0.15, 0.2) is 77.3 Å². The first kappa shape index (κ1) is 21.1. The molecule has 6 rings (SSSR count). The van der Waals surface area contributed by atoms with E-state index < -0.39 is 46.9 Å². The van der Waals surface area contributed by atoms with Crippen LogP contribution in [0.5, 0.6) is 0 Å². The molecule has 168 valence electrons. The Morgan fingerprint density at radius 3 is 2.09 bits per heavy atom. The van der Waals surface area contributed by atoms with Crippen LogP contribution >= 0.6 is 15.9 Å². The number of halogens is 1. The summed E-state index contributed by atoms with van der Waals surface area (Å²) in [4.78, 5) is 56.2. The molecular weight excluding hydrogens is 498 g/mol. The number of Topliss-reactive ketones (excluding diaryl/α,β-unsaturated/α-hetero) is 2. The molecule has 0 bridgehead atoms. The zero-order valence-corrected chi connectivity index (χ0v) is 19.6. The van der Waals surface area contributed by atoms with E-state index in [-0.39, 0.29) is 11.1 Å². The Morgan fingerprint density at radius 1 is 0.824 bits per heavy atom. The van der Waals surface area contributed by atoms with Crippen molar-refractivity contribution in [3.05, 3.63) is 99.5 Å². The molecule has 2 heterocycles. The predicted molar refractivity (Wildman–Crippen MR) is 126 cm³/mol. The van der Waals surface area contributed by atoms with Crippen LogP contribution in [-0.2, 0) is 14.3 Å². The number of amides is 2. The van der Waals surface area contributed by atoms with E-state index >= 15 is 0 Å². The zero-order chi connectivity index (χ0) is 23.8. The zero-order valence-electron chi connectivity index (χ0n) is 18.0. The molecule has 6 nitrogen and oxygen atoms in total. The Kier molecular flexibility index (Phi) is 4.53. The molecule has 3 aromatic rings. The topological polar surface area (TPSA) is 80.8 Å². The maximum absolute atomic E-state index is 13.8. The van der Waals surface area contributed by atoms with Crippen LogP contribution in [0.1, 0.15) is 37.9 Å². The van der Waals surface area contributed by atoms with Gasteiger partial charge in [-0.25, -0.2) is 4.90 Å². The molecule has 2 saturated heterocycles. The second-order valence-corrected chi connectivity index (χ2v) is 9.80. The van der Waals surface area contributed by atoms with Gasteiger partial charge in [-0.15, -0.1) is 0 Å². The van der Waals surface area contributed by atoms with Gasteiger partial charge in [-0.1, -0.05) is 70.0 Å². The number of carbonyl (C=O) groups is 4. The van der Waals surface area contributed by atoms with Crippen LogP contribution in [0, 0.1) is 18.8 Å². The highest BCUT2D eigenvalue weighted by Gasteiger charge is 2.74. The summed E-state index contributed by atoms with van der Waals surface area (Å²) in [5, 5.41) is 0. The van der Waals surface area contributed by atoms with Gasteiger partial charge in [0.1, 0.15) is 0 Å². The van der Waals surface area contributed by atoms with Crippen LogP contribution in [0.2, 0.25) is 0 Å². The van der Waals surface area contributed by atoms with E-state index in [2.05, 4.69) is 15.9 Å². The third-order valence-corrected chi connectivity index (χ3v) is 7.48. The first-order valence-electron chi connectivity index (χ1n) is 10.9. The molecule has 2 aliphatic heterocycles. The number of anilines is 1. The third kappa shape index (κ3) is 2.65. The average molecular weight is 516 g/mol. The number of hydrogen-bond acceptors (Lipinski definition) is 5. The lowest BCUT2D eigenvalue weighted by atomic mass is 9.77. The van der Waals surface area contributed by atoms with E-state index in [0.29, 0.717) is 11.3 Å². The fraction of sp³-hybridized carbons (Fsp3) is 0.185. The summed E-state index contributed by atoms with van der Waals surface area (Å²) >= 11 is 3.43. The van der Waals surface area contributed by atoms with Crippen molar-refractivity contribution in [2.75, 3.05) is 4.90 Å². The van der Waals surface area contributed by atoms with Gasteiger partial charge in [-0.3, -0.25) is 19.2 Å². The van der Waals surface area contributed by atoms with Gasteiger partial charge in [-0.05, 0) is 36.8 Å². The summed E-state index contributed by atoms with van der Waals surface area (Å²) in [5.74, 6) is -4.45. The number of nitrogens with zero attached hydrogens (tertiary/aromatic N) is 1. The number of hydrogen-bond donors (Lipinski definition) is 0. The Bertz CT molecular complexity index is 1380. The number of ketones is 2. The molecule has 3 aromatic carbocycles. The second kappa shape index (κ2) is 7.29. The van der Waals surface area contributed by atoms with Crippen LogP contribution in [0.25, 0.3) is 0 Å². The molecule has 3 atom stereocenters. The Morgan fingerprint density at radius 2 is 1.47 bits per heavy atom. The van der Waals surface area contributed by atoms with E-state index in [1.54, 1.807) is 54.6 Å². The lowest BCUT2D eigenvalue weighted by Crippen LogP contribution is -2.51. The first-order valence-corrected chi connectivity index (χ1v) is 11.7. The summed E-state index contributed by atoms with van der Waals surface area (Å²) in [5.41, 5.74) is 0.378. The summed E-state index contributed by atoms with van der Waals surface area (Å²) < 4.78 is 7.04. The predicted octanol–water partition coefficient (Wildman–Crippen LogP) is 4.45. The monoisotopic (exact) mass is 515 g/mol. The van der Waals surface area contributed by atoms with Crippen molar-refractivity contribution >= 4 is 45.0 Å². The van der Waals surface area contributed by atoms with Gasteiger partial charge in [0.15, 0.2) is 0 Å². The highest BCUT2D eigenvalue weighted by atomic mass is 79.9. The molecule has 1 aliphatic carbocycles. The van der Waals surface area contributed by atoms with Gasteiger partial charge < -0.3 is 4.74 Å². The normalized spacial score (nSPS) is 24.8. The third-order valence-electron chi connectivity index (χ3n) is 6.99. The number of fused-ring (bicyclic) bond motifs is 3. The van der Waals surface area contributed by atoms with Crippen LogP contribution in [-0.4, -0.2) is 29.0 Å². The molecule has 0 aromatic heterocycles. The van der Waals surface area contributed by atoms with E-state index in [1.165, 1.54) is 0 Å². The molecule has 34 heavy (non-hydrogen) atoms. The second-order valence-electron chi connectivity index (χ2n) is 8.88. The minimum absolute atomic E-state index is 0.218. The highest BCUT2D eigenvalue weighted by Crippen LogP contribution is 2.57. The molecule has 0 saturated carbocycles. The molecule has 7 heteroatoms. The highest BCUT2D eigenvalue weighted by molar-refractivity contribution is 9.10. The smallest absolute Gasteiger partial charge is 0.241 e. The van der Waals surface area contributed by atoms with Gasteiger partial charge in [0.05, 0.1) is 23.6 Å². The largest absolute Gasteiger partial charge is 0.349 e. The lowest BCUT2D eigenvalue weighted by Gasteiger charge is -2.27. The summed E-state index contributed by atoms with van der Waals surface area (Å²) in [6.07, 6.45) is -0.934. The van der Waals surface area contributed by atoms with E-state index in [4.69, 9.17) is 4.74 Å². The number of rotatable bonds is 2. The minimum Gasteiger partial charge on any atom is -0.349 e. The Balaban J connectivity index is 1.55. The number of carbonyl (C=O) groups excluding carboxylic acids is 4. The fourth-order valence-electron chi connectivity index (χ4n) is 5.45. The van der Waals surface area contributed by atoms with E-state index in [1.807, 2.05) is 25.1 Å². The van der Waals surface area contributed by atoms with Crippen LogP contribution in [0.4, 0.5) is 5.69 Å². The molecule has 0 radical (unpaired) electrons. The summed E-state index contributed by atoms with van der Waals surface area (Å²) in [7, 11) is 0. The van der Waals surface area contributed by atoms with Crippen molar-refractivity contribution in [2.24, 2.45) is 11.8 Å². The SMILES string of the molecule is Cc1ccc(N2C(=O)[C@@H]3[C@@H](c4cccc(Br)c4)OC4(C(=O)c5ccccc5C4=O)[C@H]3C2=O)cc1. The average Bonchev–Trinajstić information content (AvgIpc) is 3.40. The first-order chi connectivity index (χ1) is 16.3. The van der Waals surface area contributed by atoms with Crippen molar-refractivity contribution in [3.63, 3.8) is 0 Å². The van der Waals surface area contributed by atoms with Gasteiger partial charge in [-0.2, -0.15) is 0 Å². The minimum atomic E-state index is -2.06. The molecular formula is C27H18BrNO5. The summed E-state index contributed by atoms with van der Waals surface area (Å²) in [6, 6.07) is 20.6. The number of aryl methyl sites for hydroxylation is 1. The molecule has 1 spiro atoms. The van der Waals surface area contributed by atoms with Gasteiger partial charge >= 0.3 is 0 Å². The fourth-order valence-corrected chi connectivity index (χ4v) is 5.87. The quantitative estimate of drug-likeness (QED) is 0.372. The number of imide groups is 1. The standard InChI is InChI=1S/C27H18BrNO5/c1-14-9-11-17(12-10-14)29-25(32)20-21(26(29)33)27(34-22(20)15-5-4-6-16(28)13-15)23(30)18-7-2-3-8-19(18)24(27)31/h2-13,20-22H,1H3/t20-,21+,22+/m0/s1. The number of benzene rings is 3. The van der Waals surface area contributed by atoms with E-state index in [0.717, 1.165) is 14.9 Å². The van der Waals surface area contributed by atoms with Crippen LogP contribution in [0.3, 0.4) is 0 Å². The van der Waals surface area contributed by atoms with Crippen molar-refractivity contribution in [1.29, 1.82) is 0 Å². The van der Waals surface area contributed by atoms with Crippen LogP contribution < -0.4 is 4.90 Å². The number of ether oxygens (including phenoxy) is 1. The van der Waals surface area contributed by atoms with Gasteiger partial charge in [0.2, 0.25) is 29.0 Å². The van der Waals surface area contributed by atoms with Crippen molar-refractivity contribution in [1.82, 2.24) is 0 Å². The molecule has 0 N–H and O–H groups in total.